The zero-order valence-corrected chi connectivity index (χ0v) is 35.2. The van der Waals surface area contributed by atoms with Crippen LogP contribution < -0.4 is 5.32 Å². The quantitative estimate of drug-likeness (QED) is 0.130. The van der Waals surface area contributed by atoms with Crippen molar-refractivity contribution in [3.8, 4) is 0 Å². The summed E-state index contributed by atoms with van der Waals surface area (Å²) in [6, 6.07) is 22.9. The number of carbonyl (C=O) groups excluding carboxylic acids is 6. The van der Waals surface area contributed by atoms with Crippen molar-refractivity contribution in [2.75, 3.05) is 6.61 Å². The first-order chi connectivity index (χ1) is 29.3. The van der Waals surface area contributed by atoms with Gasteiger partial charge in [-0.05, 0) is 54.8 Å². The average molecular weight is 854 g/mol. The van der Waals surface area contributed by atoms with Gasteiger partial charge in [-0.15, -0.1) is 0 Å². The number of aliphatic hydroxyl groups is 3. The molecule has 11 atom stereocenters. The largest absolute Gasteiger partial charge is 0.456 e. The van der Waals surface area contributed by atoms with Crippen molar-refractivity contribution >= 4 is 35.6 Å². The lowest BCUT2D eigenvalue weighted by atomic mass is 9.44. The summed E-state index contributed by atoms with van der Waals surface area (Å²) in [7, 11) is 0. The van der Waals surface area contributed by atoms with Crippen molar-refractivity contribution in [3.05, 3.63) is 119 Å². The second-order valence-electron chi connectivity index (χ2n) is 17.4. The van der Waals surface area contributed by atoms with Gasteiger partial charge in [0.1, 0.15) is 23.9 Å². The van der Waals surface area contributed by atoms with E-state index in [1.807, 2.05) is 0 Å². The molecule has 0 aromatic heterocycles. The molecule has 3 aromatic carbocycles. The normalized spacial score (nSPS) is 31.9. The van der Waals surface area contributed by atoms with E-state index in [0.717, 1.165) is 13.8 Å². The molecule has 1 heterocycles. The topological polar surface area (TPSA) is 221 Å². The molecule has 3 aliphatic carbocycles. The maximum atomic E-state index is 15.5. The smallest absolute Gasteiger partial charge is 0.338 e. The van der Waals surface area contributed by atoms with Gasteiger partial charge < -0.3 is 44.3 Å². The van der Waals surface area contributed by atoms with E-state index in [-0.39, 0.29) is 35.3 Å². The van der Waals surface area contributed by atoms with Crippen LogP contribution in [0.4, 0.5) is 0 Å². The highest BCUT2D eigenvalue weighted by Gasteiger charge is 2.78. The molecule has 4 N–H and O–H groups in total. The maximum absolute atomic E-state index is 15.5. The van der Waals surface area contributed by atoms with Gasteiger partial charge in [-0.25, -0.2) is 9.59 Å². The van der Waals surface area contributed by atoms with Crippen molar-refractivity contribution in [1.29, 1.82) is 0 Å². The van der Waals surface area contributed by atoms with E-state index in [0.29, 0.717) is 5.56 Å². The third-order valence-electron chi connectivity index (χ3n) is 13.5. The van der Waals surface area contributed by atoms with Gasteiger partial charge in [0.2, 0.25) is 0 Å². The van der Waals surface area contributed by atoms with E-state index in [1.165, 1.54) is 26.0 Å². The lowest BCUT2D eigenvalue weighted by Crippen LogP contribution is -2.82. The van der Waals surface area contributed by atoms with Crippen LogP contribution in [0.5, 0.6) is 0 Å². The Morgan fingerprint density at radius 3 is 1.95 bits per heavy atom. The van der Waals surface area contributed by atoms with E-state index in [4.69, 9.17) is 23.7 Å². The molecule has 3 aromatic rings. The molecule has 1 saturated heterocycles. The number of amides is 1. The van der Waals surface area contributed by atoms with Crippen LogP contribution in [-0.2, 0) is 42.9 Å². The number of aliphatic hydroxyl groups excluding tert-OH is 2. The standard InChI is InChI=1S/C47H51NO14/c1-25-31(60-43(56)36(52)35(28-16-10-7-11-17-28)48-41(54)29-18-12-8-13-19-29)23-47(57)40(61-42(55)30-20-14-9-15-21-30)38-45(6,32(51)22-33-46(38,24-58-33)62-27(3)50)39(53)37(59-26(2)49)34(25)44(47,4)5/h7-21,31-33,35-38,40,51-52,57H,22-24H2,1-6H3,(H,48,54)/t31-,32-,33+,35-,36+,37+,38-,40-,45?,46-,47+/m0/s1. The molecule has 4 aliphatic rings. The third-order valence-corrected chi connectivity index (χ3v) is 13.5. The first-order valence-corrected chi connectivity index (χ1v) is 20.5. The average Bonchev–Trinajstić information content (AvgIpc) is 3.24. The lowest BCUT2D eigenvalue weighted by Gasteiger charge is -2.67. The highest BCUT2D eigenvalue weighted by atomic mass is 16.6. The van der Waals surface area contributed by atoms with Gasteiger partial charge in [-0.3, -0.25) is 19.2 Å². The van der Waals surface area contributed by atoms with Crippen molar-refractivity contribution in [2.24, 2.45) is 16.7 Å². The molecule has 1 amide bonds. The Labute approximate surface area is 358 Å². The summed E-state index contributed by atoms with van der Waals surface area (Å²) in [5, 5.41) is 40.2. The number of fused-ring (bicyclic) bond motifs is 5. The fourth-order valence-electron chi connectivity index (χ4n) is 10.2. The highest BCUT2D eigenvalue weighted by molar-refractivity contribution is 5.96. The maximum Gasteiger partial charge on any atom is 0.338 e. The third kappa shape index (κ3) is 7.29. The Bertz CT molecular complexity index is 2280. The molecule has 7 rings (SSSR count). The van der Waals surface area contributed by atoms with Crippen LogP contribution in [0.2, 0.25) is 0 Å². The fourth-order valence-corrected chi connectivity index (χ4v) is 10.2. The van der Waals surface area contributed by atoms with Crippen LogP contribution in [0.25, 0.3) is 0 Å². The number of hydrogen-bond donors (Lipinski definition) is 4. The number of ketones is 1. The molecule has 1 aliphatic heterocycles. The van der Waals surface area contributed by atoms with Crippen LogP contribution >= 0.6 is 0 Å². The molecular formula is C47H51NO14. The molecule has 2 bridgehead atoms. The summed E-state index contributed by atoms with van der Waals surface area (Å²) >= 11 is 0. The highest BCUT2D eigenvalue weighted by Crippen LogP contribution is 2.64. The Kier molecular flexibility index (Phi) is 11.8. The molecule has 62 heavy (non-hydrogen) atoms. The van der Waals surface area contributed by atoms with Crippen LogP contribution in [0.15, 0.2) is 102 Å². The zero-order valence-electron chi connectivity index (χ0n) is 35.2. The van der Waals surface area contributed by atoms with Crippen molar-refractivity contribution < 1.29 is 67.8 Å². The van der Waals surface area contributed by atoms with Gasteiger partial charge in [-0.2, -0.15) is 0 Å². The SMILES string of the molecule is CC(=O)O[C@H]1C(=O)C2(C)[C@@H](O)C[C@H]3OC[C@@]3(OC(C)=O)[C@H]2[C@H](OC(=O)c2ccccc2)[C@]2(O)C[C@H](OC(=O)[C@H](O)[C@@H](NC(=O)c3ccccc3)c3ccccc3)C(C)=C1C2(C)C. The Balaban J connectivity index is 1.39. The van der Waals surface area contributed by atoms with Gasteiger partial charge >= 0.3 is 23.9 Å². The van der Waals surface area contributed by atoms with Crippen LogP contribution in [-0.4, -0.2) is 105 Å². The summed E-state index contributed by atoms with van der Waals surface area (Å²) in [6.07, 6.45) is -10.5. The number of carbonyl (C=O) groups is 6. The minimum absolute atomic E-state index is 0.00289. The predicted molar refractivity (Wildman–Crippen MR) is 218 cm³/mol. The van der Waals surface area contributed by atoms with E-state index in [9.17, 15) is 39.3 Å². The second kappa shape index (κ2) is 16.5. The second-order valence-corrected chi connectivity index (χ2v) is 17.4. The molecule has 3 fully saturated rings. The first kappa shape index (κ1) is 44.3. The van der Waals surface area contributed by atoms with E-state index in [2.05, 4.69) is 5.32 Å². The van der Waals surface area contributed by atoms with Gasteiger partial charge in [0, 0.05) is 37.7 Å². The molecule has 0 radical (unpaired) electrons. The van der Waals surface area contributed by atoms with E-state index in [1.54, 1.807) is 92.7 Å². The molecule has 0 spiro atoms. The zero-order chi connectivity index (χ0) is 44.9. The van der Waals surface area contributed by atoms with Crippen LogP contribution in [0.1, 0.15) is 86.7 Å². The summed E-state index contributed by atoms with van der Waals surface area (Å²) in [5.41, 5.74) is -7.02. The number of rotatable bonds is 10. The Hall–Kier alpha value is -5.74. The van der Waals surface area contributed by atoms with Gasteiger partial charge in [0.25, 0.3) is 5.91 Å². The monoisotopic (exact) mass is 853 g/mol. The summed E-state index contributed by atoms with van der Waals surface area (Å²) in [5.74, 6) is -6.84. The van der Waals surface area contributed by atoms with E-state index < -0.39 is 113 Å². The molecule has 2 saturated carbocycles. The summed E-state index contributed by atoms with van der Waals surface area (Å²) < 4.78 is 30.3. The number of Topliss-reactive ketones (excluding diaryl/α,β-unsaturated/α-hetero) is 1. The van der Waals surface area contributed by atoms with Crippen molar-refractivity contribution in [2.45, 2.75) is 108 Å². The van der Waals surface area contributed by atoms with Crippen LogP contribution in [0, 0.1) is 16.7 Å². The number of ether oxygens (including phenoxy) is 5. The van der Waals surface area contributed by atoms with E-state index >= 15 is 4.79 Å². The van der Waals surface area contributed by atoms with Crippen LogP contribution in [0.3, 0.4) is 0 Å². The van der Waals surface area contributed by atoms with Crippen molar-refractivity contribution in [1.82, 2.24) is 5.32 Å². The first-order valence-electron chi connectivity index (χ1n) is 20.5. The molecule has 328 valence electrons. The molecular weight excluding hydrogens is 803 g/mol. The van der Waals surface area contributed by atoms with Gasteiger partial charge in [0.15, 0.2) is 23.6 Å². The van der Waals surface area contributed by atoms with Crippen molar-refractivity contribution in [3.63, 3.8) is 0 Å². The number of esters is 4. The predicted octanol–water partition coefficient (Wildman–Crippen LogP) is 3.74. The lowest BCUT2D eigenvalue weighted by molar-refractivity contribution is -0.346. The minimum atomic E-state index is -2.39. The number of nitrogens with one attached hydrogen (secondary N) is 1. The minimum Gasteiger partial charge on any atom is -0.456 e. The van der Waals surface area contributed by atoms with Gasteiger partial charge in [-0.1, -0.05) is 80.6 Å². The fraction of sp³-hybridized carbons (Fsp3) is 0.447. The Morgan fingerprint density at radius 1 is 0.823 bits per heavy atom. The Morgan fingerprint density at radius 2 is 1.40 bits per heavy atom. The summed E-state index contributed by atoms with van der Waals surface area (Å²) in [4.78, 5) is 83.5. The molecule has 1 unspecified atom stereocenters. The number of benzene rings is 3. The summed E-state index contributed by atoms with van der Waals surface area (Å²) in [6.45, 7) is 7.97. The number of hydrogen-bond acceptors (Lipinski definition) is 14. The van der Waals surface area contributed by atoms with Gasteiger partial charge in [0.05, 0.1) is 35.6 Å². The molecule has 15 heteroatoms. The molecule has 15 nitrogen and oxygen atoms in total.